The maximum Gasteiger partial charge on any atom is 0.411 e. The molecular weight excluding hydrogens is 504 g/mol. The minimum absolute atomic E-state index is 0.0833. The Kier molecular flexibility index (Phi) is 9.18. The van der Waals surface area contributed by atoms with Crippen LogP contribution >= 0.6 is 11.3 Å². The number of thiazole rings is 1. The molecule has 0 saturated heterocycles. The van der Waals surface area contributed by atoms with E-state index in [1.807, 2.05) is 13.8 Å². The van der Waals surface area contributed by atoms with E-state index in [0.29, 0.717) is 16.9 Å². The minimum Gasteiger partial charge on any atom is -0.447 e. The molecule has 1 aromatic carbocycles. The van der Waals surface area contributed by atoms with Crippen molar-refractivity contribution in [1.29, 1.82) is 0 Å². The van der Waals surface area contributed by atoms with Gasteiger partial charge >= 0.3 is 12.2 Å². The van der Waals surface area contributed by atoms with Gasteiger partial charge in [0.05, 0.1) is 34.0 Å². The van der Waals surface area contributed by atoms with Crippen LogP contribution in [0.5, 0.6) is 0 Å². The zero-order chi connectivity index (χ0) is 26.5. The molecule has 10 nitrogen and oxygen atoms in total. The number of nitrogens with zero attached hydrogens (tertiary/aromatic N) is 1. The van der Waals surface area contributed by atoms with Gasteiger partial charge in [-0.1, -0.05) is 0 Å². The Bertz CT molecular complexity index is 1170. The number of carbonyl (C=O) groups is 2. The number of benzene rings is 1. The van der Waals surface area contributed by atoms with Crippen LogP contribution in [0.2, 0.25) is 0 Å². The van der Waals surface area contributed by atoms with Gasteiger partial charge < -0.3 is 14.8 Å². The van der Waals surface area contributed by atoms with Crippen molar-refractivity contribution in [3.05, 3.63) is 29.4 Å². The summed E-state index contributed by atoms with van der Waals surface area (Å²) in [5, 5.41) is 6.52. The van der Waals surface area contributed by atoms with Crippen molar-refractivity contribution in [3.63, 3.8) is 0 Å². The van der Waals surface area contributed by atoms with E-state index in [1.165, 1.54) is 11.3 Å². The molecule has 0 atom stereocenters. The van der Waals surface area contributed by atoms with E-state index in [0.717, 1.165) is 41.8 Å². The first-order chi connectivity index (χ1) is 16.9. The van der Waals surface area contributed by atoms with Gasteiger partial charge in [0, 0.05) is 29.4 Å². The van der Waals surface area contributed by atoms with E-state index in [1.54, 1.807) is 38.2 Å². The molecule has 2 amide bonds. The average Bonchev–Trinajstić information content (AvgIpc) is 3.22. The number of carbonyl (C=O) groups excluding carboxylic acids is 2. The van der Waals surface area contributed by atoms with Crippen molar-refractivity contribution >= 4 is 44.9 Å². The van der Waals surface area contributed by atoms with Crippen molar-refractivity contribution in [1.82, 2.24) is 10.3 Å². The Morgan fingerprint density at radius 2 is 1.67 bits per heavy atom. The van der Waals surface area contributed by atoms with E-state index in [4.69, 9.17) is 9.47 Å². The SMILES string of the molecule is CC(C)OC(=O)Nc1ccc(-c2cnc(C3CCC(NC(=O)OC(C)C)CC3)s2)c(NS(C)(=O)=O)c1. The van der Waals surface area contributed by atoms with Crippen LogP contribution in [-0.4, -0.2) is 50.1 Å². The molecule has 3 N–H and O–H groups in total. The molecule has 1 aliphatic carbocycles. The van der Waals surface area contributed by atoms with Crippen molar-refractivity contribution in [2.45, 2.75) is 77.5 Å². The molecule has 1 aliphatic rings. The molecule has 1 heterocycles. The molecule has 1 aromatic heterocycles. The molecule has 0 bridgehead atoms. The number of hydrogen-bond donors (Lipinski definition) is 3. The summed E-state index contributed by atoms with van der Waals surface area (Å²) in [5.74, 6) is 0.265. The number of ether oxygens (including phenoxy) is 2. The Balaban J connectivity index is 1.72. The summed E-state index contributed by atoms with van der Waals surface area (Å²) in [7, 11) is -3.56. The van der Waals surface area contributed by atoms with Crippen LogP contribution in [-0.2, 0) is 19.5 Å². The summed E-state index contributed by atoms with van der Waals surface area (Å²) in [6.07, 6.45) is 4.81. The van der Waals surface area contributed by atoms with Gasteiger partial charge in [0.15, 0.2) is 0 Å². The molecule has 12 heteroatoms. The number of aromatic nitrogens is 1. The molecule has 198 valence electrons. The van der Waals surface area contributed by atoms with Gasteiger partial charge in [0.25, 0.3) is 0 Å². The van der Waals surface area contributed by atoms with E-state index in [-0.39, 0.29) is 30.3 Å². The molecule has 1 fully saturated rings. The fourth-order valence-electron chi connectivity index (χ4n) is 3.98. The second-order valence-corrected chi connectivity index (χ2v) is 12.2. The second kappa shape index (κ2) is 11.9. The van der Waals surface area contributed by atoms with Gasteiger partial charge in [-0.05, 0) is 71.6 Å². The maximum absolute atomic E-state index is 12.0. The summed E-state index contributed by atoms with van der Waals surface area (Å²) >= 11 is 1.51. The van der Waals surface area contributed by atoms with Crippen LogP contribution in [0.4, 0.5) is 21.0 Å². The van der Waals surface area contributed by atoms with Gasteiger partial charge in [0.2, 0.25) is 10.0 Å². The number of rotatable bonds is 8. The summed E-state index contributed by atoms with van der Waals surface area (Å²) in [6, 6.07) is 5.08. The average molecular weight is 539 g/mol. The monoisotopic (exact) mass is 538 g/mol. The lowest BCUT2D eigenvalue weighted by Crippen LogP contribution is -2.38. The largest absolute Gasteiger partial charge is 0.447 e. The molecule has 0 aliphatic heterocycles. The van der Waals surface area contributed by atoms with Gasteiger partial charge in [-0.25, -0.2) is 23.0 Å². The molecule has 2 aromatic rings. The third-order valence-corrected chi connectivity index (χ3v) is 7.22. The molecule has 0 radical (unpaired) electrons. The quantitative estimate of drug-likeness (QED) is 0.415. The molecular formula is C24H34N4O6S2. The number of hydrogen-bond acceptors (Lipinski definition) is 8. The Labute approximate surface area is 216 Å². The van der Waals surface area contributed by atoms with E-state index >= 15 is 0 Å². The predicted octanol–water partition coefficient (Wildman–Crippen LogP) is 5.30. The Morgan fingerprint density at radius 3 is 2.28 bits per heavy atom. The Morgan fingerprint density at radius 1 is 1.03 bits per heavy atom. The van der Waals surface area contributed by atoms with Gasteiger partial charge in [-0.3, -0.25) is 10.0 Å². The first kappa shape index (κ1) is 27.7. The molecule has 36 heavy (non-hydrogen) atoms. The van der Waals surface area contributed by atoms with Crippen LogP contribution in [0.1, 0.15) is 64.3 Å². The number of alkyl carbamates (subject to hydrolysis) is 1. The summed E-state index contributed by atoms with van der Waals surface area (Å²) in [6.45, 7) is 7.12. The van der Waals surface area contributed by atoms with Crippen molar-refractivity contribution in [2.75, 3.05) is 16.3 Å². The molecule has 1 saturated carbocycles. The highest BCUT2D eigenvalue weighted by atomic mass is 32.2. The predicted molar refractivity (Wildman–Crippen MR) is 141 cm³/mol. The van der Waals surface area contributed by atoms with Crippen LogP contribution in [0.25, 0.3) is 10.4 Å². The topological polar surface area (TPSA) is 136 Å². The van der Waals surface area contributed by atoms with Gasteiger partial charge in [0.1, 0.15) is 0 Å². The summed E-state index contributed by atoms with van der Waals surface area (Å²) < 4.78 is 36.8. The highest BCUT2D eigenvalue weighted by Gasteiger charge is 2.26. The second-order valence-electron chi connectivity index (χ2n) is 9.42. The van der Waals surface area contributed by atoms with Gasteiger partial charge in [-0.2, -0.15) is 0 Å². The first-order valence-corrected chi connectivity index (χ1v) is 14.6. The molecule has 3 rings (SSSR count). The minimum atomic E-state index is -3.56. The lowest BCUT2D eigenvalue weighted by Gasteiger charge is -2.28. The van der Waals surface area contributed by atoms with Crippen LogP contribution < -0.4 is 15.4 Å². The first-order valence-electron chi connectivity index (χ1n) is 11.9. The van der Waals surface area contributed by atoms with Crippen LogP contribution in [0, 0.1) is 0 Å². The van der Waals surface area contributed by atoms with Crippen LogP contribution in [0.15, 0.2) is 24.4 Å². The number of sulfonamides is 1. The van der Waals surface area contributed by atoms with Crippen LogP contribution in [0.3, 0.4) is 0 Å². The normalized spacial score (nSPS) is 18.1. The highest BCUT2D eigenvalue weighted by Crippen LogP contribution is 2.40. The molecule has 0 spiro atoms. The third-order valence-electron chi connectivity index (χ3n) is 5.43. The number of anilines is 2. The standard InChI is InChI=1S/C24H34N4O6S2/c1-14(2)33-23(29)26-17-8-6-16(7-9-17)22-25-13-21(35-22)19-11-10-18(27-24(30)34-15(3)4)12-20(19)28-36(5,31)32/h10-17,28H,6-9H2,1-5H3,(H,26,29)(H,27,30). The zero-order valence-corrected chi connectivity index (χ0v) is 22.8. The number of amides is 2. The lowest BCUT2D eigenvalue weighted by atomic mass is 9.86. The smallest absolute Gasteiger partial charge is 0.411 e. The summed E-state index contributed by atoms with van der Waals surface area (Å²) in [4.78, 5) is 29.3. The Hall–Kier alpha value is -2.86. The fourth-order valence-corrected chi connectivity index (χ4v) is 5.68. The van der Waals surface area contributed by atoms with Crippen molar-refractivity contribution in [2.24, 2.45) is 0 Å². The fraction of sp³-hybridized carbons (Fsp3) is 0.542. The van der Waals surface area contributed by atoms with Gasteiger partial charge in [-0.15, -0.1) is 11.3 Å². The van der Waals surface area contributed by atoms with E-state index < -0.39 is 16.1 Å². The summed E-state index contributed by atoms with van der Waals surface area (Å²) in [5.41, 5.74) is 1.41. The lowest BCUT2D eigenvalue weighted by molar-refractivity contribution is 0.109. The van der Waals surface area contributed by atoms with E-state index in [9.17, 15) is 18.0 Å². The maximum atomic E-state index is 12.0. The van der Waals surface area contributed by atoms with Crippen molar-refractivity contribution in [3.8, 4) is 10.4 Å². The third kappa shape index (κ3) is 8.37. The molecule has 0 unspecified atom stereocenters. The van der Waals surface area contributed by atoms with Crippen molar-refractivity contribution < 1.29 is 27.5 Å². The zero-order valence-electron chi connectivity index (χ0n) is 21.2. The highest BCUT2D eigenvalue weighted by molar-refractivity contribution is 7.92. The van der Waals surface area contributed by atoms with E-state index in [2.05, 4.69) is 20.3 Å². The number of nitrogens with one attached hydrogen (secondary N) is 3.